The van der Waals surface area contributed by atoms with Gasteiger partial charge in [0, 0.05) is 31.4 Å². The second-order valence-electron chi connectivity index (χ2n) is 10.3. The maximum Gasteiger partial charge on any atom is 0.258 e. The molecule has 0 saturated carbocycles. The number of nitrogens with zero attached hydrogens (tertiary/aromatic N) is 2. The molecule has 2 saturated heterocycles. The van der Waals surface area contributed by atoms with E-state index in [-0.39, 0.29) is 28.3 Å². The van der Waals surface area contributed by atoms with Crippen LogP contribution in [0, 0.1) is 11.2 Å². The van der Waals surface area contributed by atoms with E-state index in [0.717, 1.165) is 32.5 Å². The first-order valence-electron chi connectivity index (χ1n) is 12.0. The van der Waals surface area contributed by atoms with Gasteiger partial charge in [0.2, 0.25) is 5.91 Å². The molecule has 34 heavy (non-hydrogen) atoms. The second-order valence-corrected chi connectivity index (χ2v) is 11.4. The number of rotatable bonds is 5. The van der Waals surface area contributed by atoms with Crippen molar-refractivity contribution < 1.29 is 14.0 Å². The van der Waals surface area contributed by atoms with Crippen molar-refractivity contribution in [3.05, 3.63) is 71.5 Å². The summed E-state index contributed by atoms with van der Waals surface area (Å²) >= 11 is 1.60. The molecule has 2 aromatic rings. The Kier molecular flexibility index (Phi) is 7.63. The van der Waals surface area contributed by atoms with Gasteiger partial charge in [0.1, 0.15) is 11.9 Å². The predicted molar refractivity (Wildman–Crippen MR) is 135 cm³/mol. The van der Waals surface area contributed by atoms with Crippen LogP contribution in [0.1, 0.15) is 49.5 Å². The lowest BCUT2D eigenvalue weighted by Gasteiger charge is -2.37. The van der Waals surface area contributed by atoms with Crippen molar-refractivity contribution >= 4 is 23.6 Å². The summed E-state index contributed by atoms with van der Waals surface area (Å²) in [5, 5.41) is 3.00. The molecule has 2 aromatic carbocycles. The Hall–Kier alpha value is -2.38. The number of thioether (sulfide) groups is 1. The van der Waals surface area contributed by atoms with Gasteiger partial charge in [-0.15, -0.1) is 11.8 Å². The molecule has 2 heterocycles. The average Bonchev–Trinajstić information content (AvgIpc) is 3.27. The van der Waals surface area contributed by atoms with Crippen LogP contribution >= 0.6 is 11.8 Å². The van der Waals surface area contributed by atoms with Crippen LogP contribution in [0.25, 0.3) is 0 Å². The third kappa shape index (κ3) is 5.63. The van der Waals surface area contributed by atoms with Gasteiger partial charge in [-0.2, -0.15) is 0 Å². The molecular formula is C27H34FN3O2S. The van der Waals surface area contributed by atoms with Crippen LogP contribution in [0.5, 0.6) is 0 Å². The highest BCUT2D eigenvalue weighted by atomic mass is 32.2. The lowest BCUT2D eigenvalue weighted by Crippen LogP contribution is -2.55. The molecule has 2 amide bonds. The minimum absolute atomic E-state index is 0.0197. The van der Waals surface area contributed by atoms with Crippen molar-refractivity contribution in [1.82, 2.24) is 15.1 Å². The standard InChI is InChI=1S/C27H34FN3O2S/c1-27(2,3)26-31(25(33)21-11-7-8-12-22(21)28)23(18-34-26)24(32)29-20-13-15-30(16-14-20)17-19-9-5-4-6-10-19/h4-12,20,23,26H,13-18H2,1-3H3,(H,29,32). The zero-order valence-corrected chi connectivity index (χ0v) is 21.0. The summed E-state index contributed by atoms with van der Waals surface area (Å²) < 4.78 is 14.5. The zero-order chi connectivity index (χ0) is 24.3. The maximum absolute atomic E-state index is 14.5. The highest BCUT2D eigenvalue weighted by Gasteiger charge is 2.47. The van der Waals surface area contributed by atoms with Crippen molar-refractivity contribution in [2.75, 3.05) is 18.8 Å². The molecule has 0 bridgehead atoms. The average molecular weight is 484 g/mol. The first-order valence-corrected chi connectivity index (χ1v) is 13.0. The second kappa shape index (κ2) is 10.5. The predicted octanol–water partition coefficient (Wildman–Crippen LogP) is 4.54. The SMILES string of the molecule is CC(C)(C)C1SCC(C(=O)NC2CCN(Cc3ccccc3)CC2)N1C(=O)c1ccccc1F. The molecule has 0 aromatic heterocycles. The van der Waals surface area contributed by atoms with Crippen LogP contribution in [0.2, 0.25) is 0 Å². The topological polar surface area (TPSA) is 52.7 Å². The largest absolute Gasteiger partial charge is 0.351 e. The third-order valence-electron chi connectivity index (χ3n) is 6.57. The minimum Gasteiger partial charge on any atom is -0.351 e. The van der Waals surface area contributed by atoms with Crippen molar-refractivity contribution in [3.8, 4) is 0 Å². The molecule has 7 heteroatoms. The zero-order valence-electron chi connectivity index (χ0n) is 20.2. The van der Waals surface area contributed by atoms with E-state index in [1.54, 1.807) is 28.8 Å². The molecule has 182 valence electrons. The van der Waals surface area contributed by atoms with Crippen molar-refractivity contribution in [2.45, 2.75) is 57.6 Å². The van der Waals surface area contributed by atoms with E-state index in [1.165, 1.54) is 17.7 Å². The molecule has 2 aliphatic rings. The summed E-state index contributed by atoms with van der Waals surface area (Å²) in [5.74, 6) is -0.589. The maximum atomic E-state index is 14.5. The number of hydrogen-bond donors (Lipinski definition) is 1. The summed E-state index contributed by atoms with van der Waals surface area (Å²) in [4.78, 5) is 30.8. The summed E-state index contributed by atoms with van der Waals surface area (Å²) in [7, 11) is 0. The van der Waals surface area contributed by atoms with E-state index >= 15 is 0 Å². The number of carbonyl (C=O) groups is 2. The van der Waals surface area contributed by atoms with E-state index < -0.39 is 17.8 Å². The van der Waals surface area contributed by atoms with Gasteiger partial charge in [-0.25, -0.2) is 4.39 Å². The Morgan fingerprint density at radius 2 is 1.68 bits per heavy atom. The van der Waals surface area contributed by atoms with Crippen LogP contribution in [-0.4, -0.2) is 57.9 Å². The first kappa shape index (κ1) is 24.7. The van der Waals surface area contributed by atoms with E-state index in [9.17, 15) is 14.0 Å². The molecule has 1 N–H and O–H groups in total. The Labute approximate surface area is 206 Å². The van der Waals surface area contributed by atoms with Gasteiger partial charge in [0.15, 0.2) is 0 Å². The van der Waals surface area contributed by atoms with Gasteiger partial charge in [0.25, 0.3) is 5.91 Å². The number of carbonyl (C=O) groups excluding carboxylic acids is 2. The molecular weight excluding hydrogens is 449 g/mol. The Morgan fingerprint density at radius 3 is 2.32 bits per heavy atom. The summed E-state index contributed by atoms with van der Waals surface area (Å²) in [5.41, 5.74) is 1.07. The highest BCUT2D eigenvalue weighted by Crippen LogP contribution is 2.41. The third-order valence-corrected chi connectivity index (χ3v) is 8.32. The molecule has 4 rings (SSSR count). The fourth-order valence-corrected chi connectivity index (χ4v) is 6.35. The molecule has 2 aliphatic heterocycles. The van der Waals surface area contributed by atoms with Crippen LogP contribution in [0.3, 0.4) is 0 Å². The Balaban J connectivity index is 1.41. The van der Waals surface area contributed by atoms with Crippen LogP contribution < -0.4 is 5.32 Å². The van der Waals surface area contributed by atoms with Gasteiger partial charge in [-0.3, -0.25) is 14.5 Å². The lowest BCUT2D eigenvalue weighted by molar-refractivity contribution is -0.126. The number of nitrogens with one attached hydrogen (secondary N) is 1. The summed E-state index contributed by atoms with van der Waals surface area (Å²) in [6, 6.07) is 15.9. The van der Waals surface area contributed by atoms with Gasteiger partial charge in [-0.1, -0.05) is 63.2 Å². The normalized spacial score (nSPS) is 22.1. The highest BCUT2D eigenvalue weighted by molar-refractivity contribution is 8.00. The molecule has 2 fully saturated rings. The fourth-order valence-electron chi connectivity index (χ4n) is 4.77. The number of amides is 2. The smallest absolute Gasteiger partial charge is 0.258 e. The van der Waals surface area contributed by atoms with Crippen LogP contribution in [0.15, 0.2) is 54.6 Å². The number of benzene rings is 2. The van der Waals surface area contributed by atoms with E-state index in [4.69, 9.17) is 0 Å². The summed E-state index contributed by atoms with van der Waals surface area (Å²) in [6.45, 7) is 8.90. The Bertz CT molecular complexity index is 1000. The molecule has 2 unspecified atom stereocenters. The van der Waals surface area contributed by atoms with E-state index in [1.807, 2.05) is 6.07 Å². The first-order chi connectivity index (χ1) is 16.2. The van der Waals surface area contributed by atoms with Gasteiger partial charge >= 0.3 is 0 Å². The number of likely N-dealkylation sites (tertiary alicyclic amines) is 1. The van der Waals surface area contributed by atoms with Gasteiger partial charge in [-0.05, 0) is 36.0 Å². The number of halogens is 1. The van der Waals surface area contributed by atoms with Crippen LogP contribution in [-0.2, 0) is 11.3 Å². The molecule has 2 atom stereocenters. The molecule has 0 aliphatic carbocycles. The summed E-state index contributed by atoms with van der Waals surface area (Å²) in [6.07, 6.45) is 1.75. The van der Waals surface area contributed by atoms with Crippen molar-refractivity contribution in [3.63, 3.8) is 0 Å². The quantitative estimate of drug-likeness (QED) is 0.679. The molecule has 5 nitrogen and oxygen atoms in total. The van der Waals surface area contributed by atoms with Crippen molar-refractivity contribution in [2.24, 2.45) is 5.41 Å². The van der Waals surface area contributed by atoms with Gasteiger partial charge < -0.3 is 10.2 Å². The van der Waals surface area contributed by atoms with Crippen molar-refractivity contribution in [1.29, 1.82) is 0 Å². The molecule has 0 spiro atoms. The Morgan fingerprint density at radius 1 is 1.03 bits per heavy atom. The van der Waals surface area contributed by atoms with Crippen LogP contribution in [0.4, 0.5) is 4.39 Å². The number of hydrogen-bond acceptors (Lipinski definition) is 4. The van der Waals surface area contributed by atoms with E-state index in [2.05, 4.69) is 55.3 Å². The van der Waals surface area contributed by atoms with E-state index in [0.29, 0.717) is 5.75 Å². The van der Waals surface area contributed by atoms with Gasteiger partial charge in [0.05, 0.1) is 10.9 Å². The number of piperidine rings is 1. The molecule has 0 radical (unpaired) electrons. The fraction of sp³-hybridized carbons (Fsp3) is 0.481. The monoisotopic (exact) mass is 483 g/mol. The lowest BCUT2D eigenvalue weighted by atomic mass is 9.94. The minimum atomic E-state index is -0.608.